The third kappa shape index (κ3) is 2.19. The van der Waals surface area contributed by atoms with Gasteiger partial charge in [0.2, 0.25) is 0 Å². The van der Waals surface area contributed by atoms with Crippen molar-refractivity contribution >= 4 is 27.4 Å². The third-order valence-corrected chi connectivity index (χ3v) is 3.77. The highest BCUT2D eigenvalue weighted by molar-refractivity contribution is 7.18. The van der Waals surface area contributed by atoms with E-state index in [1.807, 2.05) is 13.2 Å². The normalized spacial score (nSPS) is 11.1. The second kappa shape index (κ2) is 4.62. The molecule has 0 unspecified atom stereocenters. The van der Waals surface area contributed by atoms with Gasteiger partial charge in [0.05, 0.1) is 17.1 Å². The highest BCUT2D eigenvalue weighted by Crippen LogP contribution is 2.30. The lowest BCUT2D eigenvalue weighted by atomic mass is 10.3. The Bertz CT molecular complexity index is 728. The van der Waals surface area contributed by atoms with E-state index in [2.05, 4.69) is 40.3 Å². The Labute approximate surface area is 115 Å². The molecule has 0 aliphatic carbocycles. The Balaban J connectivity index is 2.20. The van der Waals surface area contributed by atoms with E-state index < -0.39 is 0 Å². The van der Waals surface area contributed by atoms with E-state index in [-0.39, 0.29) is 0 Å². The first-order valence-corrected chi connectivity index (χ1v) is 7.00. The van der Waals surface area contributed by atoms with Crippen molar-refractivity contribution in [2.75, 3.05) is 11.9 Å². The van der Waals surface area contributed by atoms with Crippen LogP contribution in [-0.2, 0) is 7.05 Å². The Morgan fingerprint density at radius 1 is 1.37 bits per heavy atom. The predicted octanol–water partition coefficient (Wildman–Crippen LogP) is 2.83. The van der Waals surface area contributed by atoms with Crippen LogP contribution in [0.25, 0.3) is 21.6 Å². The molecule has 0 aliphatic rings. The maximum atomic E-state index is 4.64. The molecule has 6 heteroatoms. The van der Waals surface area contributed by atoms with E-state index in [0.29, 0.717) is 0 Å². The van der Waals surface area contributed by atoms with Crippen LogP contribution in [0.3, 0.4) is 0 Å². The zero-order valence-corrected chi connectivity index (χ0v) is 12.0. The van der Waals surface area contributed by atoms with E-state index in [1.165, 1.54) is 4.88 Å². The smallest absolute Gasteiger partial charge is 0.166 e. The summed E-state index contributed by atoms with van der Waals surface area (Å²) in [5, 5.41) is 8.58. The van der Waals surface area contributed by atoms with E-state index in [9.17, 15) is 0 Å². The Morgan fingerprint density at radius 2 is 2.21 bits per heavy atom. The minimum Gasteiger partial charge on any atom is -0.370 e. The number of rotatable bonds is 3. The fourth-order valence-corrected chi connectivity index (χ4v) is 2.89. The molecule has 3 aromatic heterocycles. The minimum absolute atomic E-state index is 0.721. The topological polar surface area (TPSA) is 55.6 Å². The lowest BCUT2D eigenvalue weighted by molar-refractivity contribution is 0.768. The first kappa shape index (κ1) is 12.1. The Kier molecular flexibility index (Phi) is 2.94. The summed E-state index contributed by atoms with van der Waals surface area (Å²) in [6.07, 6.45) is 3.72. The number of hydrogen-bond donors (Lipinski definition) is 1. The average molecular weight is 273 g/mol. The van der Waals surface area contributed by atoms with Crippen molar-refractivity contribution in [1.82, 2.24) is 19.7 Å². The van der Waals surface area contributed by atoms with Crippen LogP contribution in [0.1, 0.15) is 11.8 Å². The van der Waals surface area contributed by atoms with Gasteiger partial charge in [0, 0.05) is 24.7 Å². The molecule has 3 heterocycles. The van der Waals surface area contributed by atoms with Crippen molar-refractivity contribution in [1.29, 1.82) is 0 Å². The van der Waals surface area contributed by atoms with E-state index in [1.54, 1.807) is 22.2 Å². The lowest BCUT2D eigenvalue weighted by Gasteiger charge is -2.05. The average Bonchev–Trinajstić information content (AvgIpc) is 2.94. The number of aromatic nitrogens is 4. The summed E-state index contributed by atoms with van der Waals surface area (Å²) in [4.78, 5) is 11.5. The summed E-state index contributed by atoms with van der Waals surface area (Å²) < 4.78 is 1.76. The van der Waals surface area contributed by atoms with Crippen LogP contribution in [0.4, 0.5) is 5.82 Å². The van der Waals surface area contributed by atoms with E-state index in [4.69, 9.17) is 0 Å². The number of aryl methyl sites for hydroxylation is 2. The molecule has 0 aromatic carbocycles. The van der Waals surface area contributed by atoms with Gasteiger partial charge in [-0.1, -0.05) is 0 Å². The molecule has 0 fully saturated rings. The molecule has 0 saturated carbocycles. The molecule has 0 atom stereocenters. The largest absolute Gasteiger partial charge is 0.370 e. The summed E-state index contributed by atoms with van der Waals surface area (Å²) in [5.74, 6) is 1.62. The van der Waals surface area contributed by atoms with Crippen LogP contribution in [-0.4, -0.2) is 26.3 Å². The highest BCUT2D eigenvalue weighted by atomic mass is 32.1. The van der Waals surface area contributed by atoms with Crippen LogP contribution in [0.2, 0.25) is 0 Å². The zero-order chi connectivity index (χ0) is 13.4. The Morgan fingerprint density at radius 3 is 2.89 bits per heavy atom. The van der Waals surface area contributed by atoms with Gasteiger partial charge in [-0.15, -0.1) is 11.3 Å². The second-order valence-corrected chi connectivity index (χ2v) is 5.64. The highest BCUT2D eigenvalue weighted by Gasteiger charge is 2.12. The molecule has 0 radical (unpaired) electrons. The fourth-order valence-electron chi connectivity index (χ4n) is 2.01. The van der Waals surface area contributed by atoms with Crippen molar-refractivity contribution in [3.63, 3.8) is 0 Å². The molecule has 0 saturated heterocycles. The van der Waals surface area contributed by atoms with Crippen LogP contribution in [0.5, 0.6) is 0 Å². The van der Waals surface area contributed by atoms with E-state index >= 15 is 0 Å². The maximum absolute atomic E-state index is 4.64. The molecule has 98 valence electrons. The molecule has 0 bridgehead atoms. The summed E-state index contributed by atoms with van der Waals surface area (Å²) in [6.45, 7) is 5.00. The van der Waals surface area contributed by atoms with Gasteiger partial charge in [0.15, 0.2) is 5.82 Å². The lowest BCUT2D eigenvalue weighted by Crippen LogP contribution is -2.01. The molecule has 5 nitrogen and oxygen atoms in total. The van der Waals surface area contributed by atoms with Crippen LogP contribution < -0.4 is 5.32 Å². The number of nitrogens with zero attached hydrogens (tertiary/aromatic N) is 4. The predicted molar refractivity (Wildman–Crippen MR) is 78.5 cm³/mol. The van der Waals surface area contributed by atoms with Crippen LogP contribution >= 0.6 is 11.3 Å². The van der Waals surface area contributed by atoms with Gasteiger partial charge >= 0.3 is 0 Å². The molecule has 0 spiro atoms. The van der Waals surface area contributed by atoms with Crippen LogP contribution in [0.15, 0.2) is 18.5 Å². The Hall–Kier alpha value is -1.95. The monoisotopic (exact) mass is 273 g/mol. The molecule has 3 aromatic rings. The fraction of sp³-hybridized carbons (Fsp3) is 0.308. The molecule has 0 aliphatic heterocycles. The second-order valence-electron chi connectivity index (χ2n) is 4.40. The van der Waals surface area contributed by atoms with Crippen molar-refractivity contribution in [3.8, 4) is 11.4 Å². The van der Waals surface area contributed by atoms with Crippen molar-refractivity contribution in [2.24, 2.45) is 7.05 Å². The first-order valence-electron chi connectivity index (χ1n) is 6.18. The van der Waals surface area contributed by atoms with Crippen LogP contribution in [0, 0.1) is 6.92 Å². The number of anilines is 1. The van der Waals surface area contributed by atoms with Gasteiger partial charge < -0.3 is 5.32 Å². The third-order valence-electron chi connectivity index (χ3n) is 2.82. The maximum Gasteiger partial charge on any atom is 0.166 e. The molecule has 1 N–H and O–H groups in total. The minimum atomic E-state index is 0.721. The first-order chi connectivity index (χ1) is 9.17. The van der Waals surface area contributed by atoms with Gasteiger partial charge in [0.25, 0.3) is 0 Å². The van der Waals surface area contributed by atoms with Gasteiger partial charge in [-0.05, 0) is 19.9 Å². The number of thiophene rings is 1. The van der Waals surface area contributed by atoms with Gasteiger partial charge in [-0.2, -0.15) is 5.10 Å². The van der Waals surface area contributed by atoms with Gasteiger partial charge in [0.1, 0.15) is 10.6 Å². The molecular formula is C13H15N5S. The molecular weight excluding hydrogens is 258 g/mol. The van der Waals surface area contributed by atoms with Crippen molar-refractivity contribution < 1.29 is 0 Å². The van der Waals surface area contributed by atoms with Gasteiger partial charge in [-0.25, -0.2) is 9.97 Å². The number of nitrogens with one attached hydrogen (secondary N) is 1. The molecule has 19 heavy (non-hydrogen) atoms. The standard InChI is InChI=1S/C13H15N5S/c1-4-14-12-10-5-8(2)19-13(10)17-11(16-12)9-6-15-18(3)7-9/h5-7H,4H2,1-3H3,(H,14,16,17). The molecule has 0 amide bonds. The summed E-state index contributed by atoms with van der Waals surface area (Å²) in [5.41, 5.74) is 0.939. The number of hydrogen-bond acceptors (Lipinski definition) is 5. The van der Waals surface area contributed by atoms with Gasteiger partial charge in [-0.3, -0.25) is 4.68 Å². The molecule has 3 rings (SSSR count). The summed E-state index contributed by atoms with van der Waals surface area (Å²) >= 11 is 1.69. The van der Waals surface area contributed by atoms with E-state index in [0.717, 1.165) is 34.0 Å². The summed E-state index contributed by atoms with van der Waals surface area (Å²) in [7, 11) is 1.89. The summed E-state index contributed by atoms with van der Waals surface area (Å²) in [6, 6.07) is 2.13. The quantitative estimate of drug-likeness (QED) is 0.797. The number of fused-ring (bicyclic) bond motifs is 1. The van der Waals surface area contributed by atoms with Crippen molar-refractivity contribution in [3.05, 3.63) is 23.3 Å². The van der Waals surface area contributed by atoms with Crippen molar-refractivity contribution in [2.45, 2.75) is 13.8 Å². The SMILES string of the molecule is CCNc1nc(-c2cnn(C)c2)nc2sc(C)cc12. The zero-order valence-electron chi connectivity index (χ0n) is 11.1.